The molecule has 2 amide bonds. The third-order valence-electron chi connectivity index (χ3n) is 7.57. The summed E-state index contributed by atoms with van der Waals surface area (Å²) in [7, 11) is -1.35. The van der Waals surface area contributed by atoms with Gasteiger partial charge in [0.15, 0.2) is 0 Å². The van der Waals surface area contributed by atoms with Gasteiger partial charge in [0.05, 0.1) is 24.8 Å². The van der Waals surface area contributed by atoms with Crippen LogP contribution in [-0.4, -0.2) is 58.5 Å². The predicted molar refractivity (Wildman–Crippen MR) is 179 cm³/mol. The molecule has 242 valence electrons. The number of ether oxygens (including phenoxy) is 2. The molecule has 10 heteroatoms. The molecule has 1 atom stereocenters. The van der Waals surface area contributed by atoms with Crippen molar-refractivity contribution in [3.63, 3.8) is 0 Å². The van der Waals surface area contributed by atoms with Crippen molar-refractivity contribution in [3.8, 4) is 11.5 Å². The van der Waals surface area contributed by atoms with Crippen molar-refractivity contribution in [1.29, 1.82) is 0 Å². The van der Waals surface area contributed by atoms with Crippen molar-refractivity contribution in [2.24, 2.45) is 0 Å². The van der Waals surface area contributed by atoms with Gasteiger partial charge in [0.25, 0.3) is 10.0 Å². The Bertz CT molecular complexity index is 1690. The summed E-state index contributed by atoms with van der Waals surface area (Å²) in [5.41, 5.74) is 2.92. The molecule has 1 unspecified atom stereocenters. The summed E-state index contributed by atoms with van der Waals surface area (Å²) in [6, 6.07) is 28.8. The van der Waals surface area contributed by atoms with E-state index < -0.39 is 28.5 Å². The van der Waals surface area contributed by atoms with Crippen LogP contribution in [0.25, 0.3) is 0 Å². The second-order valence-electron chi connectivity index (χ2n) is 10.9. The van der Waals surface area contributed by atoms with E-state index in [1.54, 1.807) is 36.4 Å². The molecule has 0 aliphatic carbocycles. The number of rotatable bonds is 15. The summed E-state index contributed by atoms with van der Waals surface area (Å²) in [5, 5.41) is 2.96. The fourth-order valence-electron chi connectivity index (χ4n) is 5.03. The van der Waals surface area contributed by atoms with Crippen LogP contribution in [0.15, 0.2) is 108 Å². The third-order valence-corrected chi connectivity index (χ3v) is 9.35. The van der Waals surface area contributed by atoms with Crippen molar-refractivity contribution >= 4 is 27.5 Å². The van der Waals surface area contributed by atoms with E-state index in [0.29, 0.717) is 12.3 Å². The van der Waals surface area contributed by atoms with Crippen molar-refractivity contribution in [2.45, 2.75) is 44.2 Å². The minimum Gasteiger partial charge on any atom is -0.497 e. The van der Waals surface area contributed by atoms with E-state index in [-0.39, 0.29) is 35.2 Å². The molecule has 0 saturated carbocycles. The fourth-order valence-corrected chi connectivity index (χ4v) is 6.46. The monoisotopic (exact) mass is 643 g/mol. The smallest absolute Gasteiger partial charge is 0.264 e. The number of hydrogen-bond donors (Lipinski definition) is 1. The number of sulfonamides is 1. The Morgan fingerprint density at radius 1 is 0.804 bits per heavy atom. The van der Waals surface area contributed by atoms with Gasteiger partial charge in [-0.05, 0) is 60.9 Å². The normalized spacial score (nSPS) is 11.7. The Kier molecular flexibility index (Phi) is 11.8. The van der Waals surface area contributed by atoms with Crippen LogP contribution < -0.4 is 19.1 Å². The largest absolute Gasteiger partial charge is 0.497 e. The highest BCUT2D eigenvalue weighted by molar-refractivity contribution is 7.92. The summed E-state index contributed by atoms with van der Waals surface area (Å²) < 4.78 is 40.3. The molecule has 4 aromatic carbocycles. The second-order valence-corrected chi connectivity index (χ2v) is 12.7. The number of nitrogens with one attached hydrogen (secondary N) is 1. The minimum absolute atomic E-state index is 0.0291. The highest BCUT2D eigenvalue weighted by atomic mass is 32.2. The van der Waals surface area contributed by atoms with Crippen LogP contribution in [0, 0.1) is 6.92 Å². The van der Waals surface area contributed by atoms with E-state index in [4.69, 9.17) is 9.47 Å². The van der Waals surface area contributed by atoms with Crippen LogP contribution in [0.3, 0.4) is 0 Å². The Balaban J connectivity index is 1.82. The fraction of sp³-hybridized carbons (Fsp3) is 0.278. The predicted octanol–water partition coefficient (Wildman–Crippen LogP) is 5.37. The van der Waals surface area contributed by atoms with Crippen molar-refractivity contribution in [2.75, 3.05) is 31.6 Å². The molecular weight excluding hydrogens is 602 g/mol. The lowest BCUT2D eigenvalue weighted by Crippen LogP contribution is -2.53. The van der Waals surface area contributed by atoms with Crippen LogP contribution >= 0.6 is 0 Å². The topological polar surface area (TPSA) is 105 Å². The number of benzene rings is 4. The molecule has 0 saturated heterocycles. The number of carbonyl (C=O) groups is 2. The van der Waals surface area contributed by atoms with E-state index in [1.165, 1.54) is 31.3 Å². The standard InChI is InChI=1S/C36H41N3O6S/c1-5-23-37-36(41)33(24-28-11-7-6-8-12-28)38(25-29-17-15-27(2)16-18-29)35(40)26-39(32-13-9-10-14-34(32)45-4)46(42,43)31-21-19-30(44-3)20-22-31/h6-22,33H,5,23-26H2,1-4H3,(H,37,41). The minimum atomic E-state index is -4.29. The van der Waals surface area contributed by atoms with Gasteiger partial charge in [0.1, 0.15) is 24.1 Å². The van der Waals surface area contributed by atoms with Gasteiger partial charge in [-0.2, -0.15) is 0 Å². The number of aryl methyl sites for hydroxylation is 1. The van der Waals surface area contributed by atoms with Crippen LogP contribution in [0.4, 0.5) is 5.69 Å². The van der Waals surface area contributed by atoms with E-state index in [0.717, 1.165) is 27.4 Å². The number of nitrogens with zero attached hydrogens (tertiary/aromatic N) is 2. The van der Waals surface area contributed by atoms with Gasteiger partial charge in [0.2, 0.25) is 11.8 Å². The Morgan fingerprint density at radius 2 is 1.46 bits per heavy atom. The maximum atomic E-state index is 14.6. The van der Waals surface area contributed by atoms with Crippen LogP contribution in [0.1, 0.15) is 30.0 Å². The number of carbonyl (C=O) groups excluding carboxylic acids is 2. The van der Waals surface area contributed by atoms with Gasteiger partial charge in [0, 0.05) is 19.5 Å². The summed E-state index contributed by atoms with van der Waals surface area (Å²) in [6.07, 6.45) is 0.964. The number of amides is 2. The maximum absolute atomic E-state index is 14.6. The molecule has 0 aliphatic heterocycles. The summed E-state index contributed by atoms with van der Waals surface area (Å²) in [4.78, 5) is 29.8. The zero-order valence-electron chi connectivity index (χ0n) is 26.7. The number of para-hydroxylation sites is 2. The van der Waals surface area contributed by atoms with Crippen LogP contribution in [-0.2, 0) is 32.6 Å². The molecule has 0 spiro atoms. The van der Waals surface area contributed by atoms with Gasteiger partial charge in [-0.25, -0.2) is 8.42 Å². The number of anilines is 1. The molecule has 1 N–H and O–H groups in total. The molecule has 0 fully saturated rings. The second kappa shape index (κ2) is 15.9. The first kappa shape index (κ1) is 34.1. The molecule has 4 aromatic rings. The first-order valence-corrected chi connectivity index (χ1v) is 16.6. The lowest BCUT2D eigenvalue weighted by Gasteiger charge is -2.34. The average Bonchev–Trinajstić information content (AvgIpc) is 3.08. The van der Waals surface area contributed by atoms with E-state index in [9.17, 15) is 18.0 Å². The number of hydrogen-bond acceptors (Lipinski definition) is 6. The van der Waals surface area contributed by atoms with Gasteiger partial charge < -0.3 is 19.7 Å². The van der Waals surface area contributed by atoms with Gasteiger partial charge in [-0.1, -0.05) is 79.2 Å². The van der Waals surface area contributed by atoms with Crippen LogP contribution in [0.2, 0.25) is 0 Å². The molecular formula is C36H41N3O6S. The van der Waals surface area contributed by atoms with Crippen molar-refractivity contribution in [3.05, 3.63) is 120 Å². The molecule has 9 nitrogen and oxygen atoms in total. The first-order valence-electron chi connectivity index (χ1n) is 15.1. The van der Waals surface area contributed by atoms with E-state index >= 15 is 0 Å². The first-order chi connectivity index (χ1) is 22.2. The molecule has 0 heterocycles. The van der Waals surface area contributed by atoms with E-state index in [1.807, 2.05) is 68.4 Å². The molecule has 46 heavy (non-hydrogen) atoms. The lowest BCUT2D eigenvalue weighted by molar-refractivity contribution is -0.140. The average molecular weight is 644 g/mol. The highest BCUT2D eigenvalue weighted by Crippen LogP contribution is 2.33. The van der Waals surface area contributed by atoms with Crippen molar-refractivity contribution in [1.82, 2.24) is 10.2 Å². The highest BCUT2D eigenvalue weighted by Gasteiger charge is 2.35. The Labute approximate surface area is 271 Å². The SMILES string of the molecule is CCCNC(=O)C(Cc1ccccc1)N(Cc1ccc(C)cc1)C(=O)CN(c1ccccc1OC)S(=O)(=O)c1ccc(OC)cc1. The molecule has 0 aromatic heterocycles. The van der Waals surface area contributed by atoms with Crippen LogP contribution in [0.5, 0.6) is 11.5 Å². The van der Waals surface area contributed by atoms with Crippen molar-refractivity contribution < 1.29 is 27.5 Å². The van der Waals surface area contributed by atoms with Gasteiger partial charge >= 0.3 is 0 Å². The molecule has 0 radical (unpaired) electrons. The third kappa shape index (κ3) is 8.45. The molecule has 0 aliphatic rings. The summed E-state index contributed by atoms with van der Waals surface area (Å²) in [5.74, 6) is -0.0897. The maximum Gasteiger partial charge on any atom is 0.264 e. The quantitative estimate of drug-likeness (QED) is 0.187. The lowest BCUT2D eigenvalue weighted by atomic mass is 10.0. The van der Waals surface area contributed by atoms with E-state index in [2.05, 4.69) is 5.32 Å². The Hall–Kier alpha value is -4.83. The zero-order valence-corrected chi connectivity index (χ0v) is 27.5. The molecule has 0 bridgehead atoms. The summed E-state index contributed by atoms with van der Waals surface area (Å²) in [6.45, 7) is 3.89. The zero-order chi connectivity index (χ0) is 33.1. The summed E-state index contributed by atoms with van der Waals surface area (Å²) >= 11 is 0. The number of methoxy groups -OCH3 is 2. The van der Waals surface area contributed by atoms with Gasteiger partial charge in [-0.3, -0.25) is 13.9 Å². The Morgan fingerprint density at radius 3 is 2.09 bits per heavy atom. The molecule has 4 rings (SSSR count). The van der Waals surface area contributed by atoms with Gasteiger partial charge in [-0.15, -0.1) is 0 Å².